The average Bonchev–Trinajstić information content (AvgIpc) is 3.00. The molecule has 2 amide bonds. The maximum absolute atomic E-state index is 11.3. The molecule has 1 aliphatic carbocycles. The van der Waals surface area contributed by atoms with Gasteiger partial charge in [0.25, 0.3) is 0 Å². The smallest absolute Gasteiger partial charge is 0.233 e. The van der Waals surface area contributed by atoms with E-state index in [9.17, 15) is 9.59 Å². The first-order valence-corrected chi connectivity index (χ1v) is 5.90. The Balaban J connectivity index is 1.83. The van der Waals surface area contributed by atoms with Crippen LogP contribution in [0.5, 0.6) is 0 Å². The van der Waals surface area contributed by atoms with Crippen molar-refractivity contribution in [3.8, 4) is 0 Å². The number of carbonyl (C=O) groups excluding carboxylic acids is 2. The van der Waals surface area contributed by atoms with Crippen LogP contribution in [0.4, 0.5) is 0 Å². The van der Waals surface area contributed by atoms with Crippen LogP contribution in [0.25, 0.3) is 0 Å². The van der Waals surface area contributed by atoms with Gasteiger partial charge < -0.3 is 16.0 Å². The summed E-state index contributed by atoms with van der Waals surface area (Å²) < 4.78 is 0. The number of nitrogens with one attached hydrogen (secondary N) is 3. The zero-order valence-electron chi connectivity index (χ0n) is 9.84. The molecule has 0 bridgehead atoms. The molecule has 0 radical (unpaired) electrons. The van der Waals surface area contributed by atoms with Crippen LogP contribution in [0, 0.1) is 5.92 Å². The van der Waals surface area contributed by atoms with Gasteiger partial charge in [0.05, 0.1) is 6.54 Å². The van der Waals surface area contributed by atoms with Gasteiger partial charge in [-0.1, -0.05) is 0 Å². The summed E-state index contributed by atoms with van der Waals surface area (Å²) in [5.41, 5.74) is 0. The lowest BCUT2D eigenvalue weighted by atomic mass is 10.4. The molecule has 0 unspecified atom stereocenters. The summed E-state index contributed by atoms with van der Waals surface area (Å²) in [4.78, 5) is 21.8. The van der Waals surface area contributed by atoms with E-state index in [1.807, 2.05) is 0 Å². The molecular weight excluding hydrogens is 206 g/mol. The first-order chi connectivity index (χ1) is 7.68. The van der Waals surface area contributed by atoms with Crippen LogP contribution in [-0.4, -0.2) is 38.0 Å². The molecule has 0 spiro atoms. The maximum Gasteiger partial charge on any atom is 0.233 e. The van der Waals surface area contributed by atoms with Crippen molar-refractivity contribution in [3.05, 3.63) is 0 Å². The fourth-order valence-corrected chi connectivity index (χ4v) is 1.35. The molecule has 3 N–H and O–H groups in total. The van der Waals surface area contributed by atoms with Crippen molar-refractivity contribution in [1.82, 2.24) is 16.0 Å². The van der Waals surface area contributed by atoms with Crippen molar-refractivity contribution in [1.29, 1.82) is 0 Å². The Morgan fingerprint density at radius 3 is 2.50 bits per heavy atom. The number of hydrogen-bond donors (Lipinski definition) is 3. The van der Waals surface area contributed by atoms with E-state index >= 15 is 0 Å². The fraction of sp³-hybridized carbons (Fsp3) is 0.818. The van der Waals surface area contributed by atoms with Crippen LogP contribution in [0.15, 0.2) is 0 Å². The van der Waals surface area contributed by atoms with Crippen LogP contribution in [-0.2, 0) is 9.59 Å². The Bertz CT molecular complexity index is 239. The Morgan fingerprint density at radius 2 is 1.88 bits per heavy atom. The number of hydrogen-bond acceptors (Lipinski definition) is 3. The molecule has 0 heterocycles. The van der Waals surface area contributed by atoms with Gasteiger partial charge in [0.15, 0.2) is 0 Å². The van der Waals surface area contributed by atoms with E-state index in [1.165, 1.54) is 19.8 Å². The molecular formula is C11H21N3O2. The van der Waals surface area contributed by atoms with Gasteiger partial charge in [0.1, 0.15) is 0 Å². The van der Waals surface area contributed by atoms with E-state index in [0.29, 0.717) is 19.6 Å². The van der Waals surface area contributed by atoms with Crippen molar-refractivity contribution in [2.75, 3.05) is 26.2 Å². The van der Waals surface area contributed by atoms with Gasteiger partial charge in [-0.15, -0.1) is 0 Å². The summed E-state index contributed by atoms with van der Waals surface area (Å²) >= 11 is 0. The van der Waals surface area contributed by atoms with Gasteiger partial charge in [-0.05, 0) is 31.7 Å². The predicted octanol–water partition coefficient (Wildman–Crippen LogP) is -0.372. The third-order valence-corrected chi connectivity index (χ3v) is 2.47. The molecule has 5 nitrogen and oxygen atoms in total. The van der Waals surface area contributed by atoms with E-state index < -0.39 is 0 Å². The molecule has 0 aromatic carbocycles. The Hall–Kier alpha value is -1.10. The van der Waals surface area contributed by atoms with E-state index in [4.69, 9.17) is 0 Å². The van der Waals surface area contributed by atoms with E-state index in [2.05, 4.69) is 16.0 Å². The van der Waals surface area contributed by atoms with Crippen LogP contribution >= 0.6 is 0 Å². The summed E-state index contributed by atoms with van der Waals surface area (Å²) in [5.74, 6) is 0.800. The summed E-state index contributed by atoms with van der Waals surface area (Å²) in [6.07, 6.45) is 3.37. The van der Waals surface area contributed by atoms with Gasteiger partial charge >= 0.3 is 0 Å². The quantitative estimate of drug-likeness (QED) is 0.495. The first-order valence-electron chi connectivity index (χ1n) is 5.90. The largest absolute Gasteiger partial charge is 0.356 e. The second-order valence-corrected chi connectivity index (χ2v) is 4.26. The topological polar surface area (TPSA) is 70.2 Å². The minimum absolute atomic E-state index is 0.0302. The average molecular weight is 227 g/mol. The highest BCUT2D eigenvalue weighted by molar-refractivity contribution is 5.77. The highest BCUT2D eigenvalue weighted by Crippen LogP contribution is 2.27. The third kappa shape index (κ3) is 7.23. The van der Waals surface area contributed by atoms with Crippen molar-refractivity contribution >= 4 is 11.8 Å². The molecule has 1 aliphatic rings. The maximum atomic E-state index is 11.3. The lowest BCUT2D eigenvalue weighted by Gasteiger charge is -2.06. The van der Waals surface area contributed by atoms with Crippen LogP contribution < -0.4 is 16.0 Å². The van der Waals surface area contributed by atoms with E-state index in [0.717, 1.165) is 18.9 Å². The normalized spacial score (nSPS) is 14.6. The highest BCUT2D eigenvalue weighted by atomic mass is 16.2. The van der Waals surface area contributed by atoms with Crippen molar-refractivity contribution in [2.24, 2.45) is 5.92 Å². The lowest BCUT2D eigenvalue weighted by molar-refractivity contribution is -0.120. The minimum Gasteiger partial charge on any atom is -0.356 e. The van der Waals surface area contributed by atoms with Gasteiger partial charge in [-0.3, -0.25) is 9.59 Å². The molecule has 0 saturated heterocycles. The van der Waals surface area contributed by atoms with Gasteiger partial charge in [-0.2, -0.15) is 0 Å². The molecule has 0 aliphatic heterocycles. The number of amides is 2. The minimum atomic E-state index is -0.0302. The third-order valence-electron chi connectivity index (χ3n) is 2.47. The molecule has 1 fully saturated rings. The van der Waals surface area contributed by atoms with Crippen LogP contribution in [0.2, 0.25) is 0 Å². The predicted molar refractivity (Wildman–Crippen MR) is 61.9 cm³/mol. The molecule has 1 saturated carbocycles. The highest BCUT2D eigenvalue weighted by Gasteiger charge is 2.20. The Morgan fingerprint density at radius 1 is 1.19 bits per heavy atom. The Labute approximate surface area is 96.4 Å². The fourth-order valence-electron chi connectivity index (χ4n) is 1.35. The van der Waals surface area contributed by atoms with Crippen molar-refractivity contribution in [3.63, 3.8) is 0 Å². The van der Waals surface area contributed by atoms with E-state index in [-0.39, 0.29) is 11.8 Å². The zero-order chi connectivity index (χ0) is 11.8. The standard InChI is InChI=1S/C11H21N3O2/c1-9(15)13-5-2-6-14-11(16)8-12-7-10-3-4-10/h10,12H,2-8H2,1H3,(H,13,15)(H,14,16). The van der Waals surface area contributed by atoms with Crippen LogP contribution in [0.1, 0.15) is 26.2 Å². The second-order valence-electron chi connectivity index (χ2n) is 4.26. The van der Waals surface area contributed by atoms with Crippen molar-refractivity contribution in [2.45, 2.75) is 26.2 Å². The molecule has 16 heavy (non-hydrogen) atoms. The van der Waals surface area contributed by atoms with Crippen LogP contribution in [0.3, 0.4) is 0 Å². The monoisotopic (exact) mass is 227 g/mol. The summed E-state index contributed by atoms with van der Waals surface area (Å²) in [7, 11) is 0. The molecule has 0 atom stereocenters. The first kappa shape index (κ1) is 13.0. The summed E-state index contributed by atoms with van der Waals surface area (Å²) in [5, 5.41) is 8.60. The SMILES string of the molecule is CC(=O)NCCCNC(=O)CNCC1CC1. The summed E-state index contributed by atoms with van der Waals surface area (Å²) in [6.45, 7) is 4.08. The zero-order valence-corrected chi connectivity index (χ0v) is 9.84. The van der Waals surface area contributed by atoms with Gasteiger partial charge in [0.2, 0.25) is 11.8 Å². The van der Waals surface area contributed by atoms with Gasteiger partial charge in [-0.25, -0.2) is 0 Å². The second kappa shape index (κ2) is 7.22. The van der Waals surface area contributed by atoms with Crippen molar-refractivity contribution < 1.29 is 9.59 Å². The molecule has 0 aromatic heterocycles. The molecule has 1 rings (SSSR count). The molecule has 5 heteroatoms. The number of rotatable bonds is 8. The Kier molecular flexibility index (Phi) is 5.85. The molecule has 92 valence electrons. The van der Waals surface area contributed by atoms with Gasteiger partial charge in [0, 0.05) is 20.0 Å². The lowest BCUT2D eigenvalue weighted by Crippen LogP contribution is -2.36. The number of carbonyl (C=O) groups is 2. The van der Waals surface area contributed by atoms with E-state index in [1.54, 1.807) is 0 Å². The summed E-state index contributed by atoms with van der Waals surface area (Å²) in [6, 6.07) is 0. The molecule has 0 aromatic rings.